The number of amides is 1. The summed E-state index contributed by atoms with van der Waals surface area (Å²) >= 11 is 6.06. The number of aromatic nitrogens is 1. The van der Waals surface area contributed by atoms with Crippen LogP contribution in [0.3, 0.4) is 0 Å². The lowest BCUT2D eigenvalue weighted by atomic mass is 10.2. The van der Waals surface area contributed by atoms with Crippen LogP contribution in [0, 0.1) is 6.92 Å². The second kappa shape index (κ2) is 9.69. The van der Waals surface area contributed by atoms with Crippen LogP contribution in [0.25, 0.3) is 0 Å². The van der Waals surface area contributed by atoms with Gasteiger partial charge in [0.1, 0.15) is 11.4 Å². The molecule has 0 atom stereocenters. The Morgan fingerprint density at radius 2 is 1.88 bits per heavy atom. The van der Waals surface area contributed by atoms with Gasteiger partial charge in [0.2, 0.25) is 0 Å². The van der Waals surface area contributed by atoms with Gasteiger partial charge in [-0.1, -0.05) is 23.7 Å². The Morgan fingerprint density at radius 3 is 2.59 bits per heavy atom. The normalized spacial score (nSPS) is 11.0. The summed E-state index contributed by atoms with van der Waals surface area (Å²) in [7, 11) is 0. The number of carbonyl (C=O) groups excluding carboxylic acids is 2. The number of esters is 1. The van der Waals surface area contributed by atoms with E-state index in [0.717, 1.165) is 17.7 Å². The second-order valence-electron chi connectivity index (χ2n) is 6.71. The summed E-state index contributed by atoms with van der Waals surface area (Å²) in [5.74, 6) is -1.50. The van der Waals surface area contributed by atoms with Gasteiger partial charge in [-0.2, -0.15) is 13.2 Å². The van der Waals surface area contributed by atoms with E-state index >= 15 is 0 Å². The molecule has 3 rings (SSSR count). The lowest BCUT2D eigenvalue weighted by molar-refractivity contribution is -0.137. The van der Waals surface area contributed by atoms with Crippen LogP contribution < -0.4 is 10.6 Å². The Labute approximate surface area is 186 Å². The lowest BCUT2D eigenvalue weighted by Gasteiger charge is -2.13. The first-order valence-electron chi connectivity index (χ1n) is 9.26. The standard InChI is InChI=1S/C22H17ClF3N3O3/c1-13-7-8-18(17(23)10-13)29-19(30)12-32-21(31)16-6-3-9-27-20(16)28-15-5-2-4-14(11-15)22(24,25)26/h2-11H,12H2,1H3,(H,27,28)(H,29,30). The summed E-state index contributed by atoms with van der Waals surface area (Å²) in [5.41, 5.74) is 0.461. The number of nitrogens with one attached hydrogen (secondary N) is 2. The zero-order valence-corrected chi connectivity index (χ0v) is 17.4. The van der Waals surface area contributed by atoms with E-state index in [1.165, 1.54) is 30.5 Å². The molecule has 32 heavy (non-hydrogen) atoms. The van der Waals surface area contributed by atoms with Gasteiger partial charge in [0.25, 0.3) is 5.91 Å². The predicted octanol–water partition coefficient (Wildman–Crippen LogP) is 5.60. The van der Waals surface area contributed by atoms with Gasteiger partial charge in [0, 0.05) is 11.9 Å². The number of benzene rings is 2. The van der Waals surface area contributed by atoms with E-state index in [4.69, 9.17) is 16.3 Å². The van der Waals surface area contributed by atoms with E-state index < -0.39 is 30.2 Å². The van der Waals surface area contributed by atoms with E-state index in [1.54, 1.807) is 18.2 Å². The molecule has 0 saturated heterocycles. The predicted molar refractivity (Wildman–Crippen MR) is 114 cm³/mol. The van der Waals surface area contributed by atoms with Gasteiger partial charge in [0.05, 0.1) is 16.3 Å². The molecule has 1 heterocycles. The van der Waals surface area contributed by atoms with Crippen molar-refractivity contribution in [2.24, 2.45) is 0 Å². The molecule has 10 heteroatoms. The molecule has 0 aliphatic rings. The first-order valence-corrected chi connectivity index (χ1v) is 9.64. The minimum absolute atomic E-state index is 0.0150. The average Bonchev–Trinajstić information content (AvgIpc) is 2.74. The van der Waals surface area contributed by atoms with E-state index in [2.05, 4.69) is 15.6 Å². The molecule has 0 saturated carbocycles. The van der Waals surface area contributed by atoms with Crippen molar-refractivity contribution in [1.82, 2.24) is 4.98 Å². The van der Waals surface area contributed by atoms with Crippen molar-refractivity contribution >= 4 is 40.7 Å². The molecule has 0 unspecified atom stereocenters. The molecule has 0 fully saturated rings. The van der Waals surface area contributed by atoms with Crippen LogP contribution in [0.2, 0.25) is 5.02 Å². The van der Waals surface area contributed by atoms with Crippen molar-refractivity contribution in [3.63, 3.8) is 0 Å². The lowest BCUT2D eigenvalue weighted by Crippen LogP contribution is -2.21. The van der Waals surface area contributed by atoms with Crippen molar-refractivity contribution in [1.29, 1.82) is 0 Å². The number of ether oxygens (including phenoxy) is 1. The van der Waals surface area contributed by atoms with E-state index in [9.17, 15) is 22.8 Å². The smallest absolute Gasteiger partial charge is 0.416 e. The van der Waals surface area contributed by atoms with Gasteiger partial charge >= 0.3 is 12.1 Å². The van der Waals surface area contributed by atoms with Crippen LogP contribution in [0.15, 0.2) is 60.8 Å². The third-order valence-corrected chi connectivity index (χ3v) is 4.53. The Bertz CT molecular complexity index is 1150. The number of carbonyl (C=O) groups is 2. The highest BCUT2D eigenvalue weighted by Gasteiger charge is 2.30. The first-order chi connectivity index (χ1) is 15.1. The van der Waals surface area contributed by atoms with Crippen molar-refractivity contribution in [3.05, 3.63) is 82.5 Å². The monoisotopic (exact) mass is 463 g/mol. The molecular formula is C22H17ClF3N3O3. The molecular weight excluding hydrogens is 447 g/mol. The largest absolute Gasteiger partial charge is 0.452 e. The number of aryl methyl sites for hydroxylation is 1. The number of alkyl halides is 3. The molecule has 0 bridgehead atoms. The van der Waals surface area contributed by atoms with Gasteiger partial charge in [-0.3, -0.25) is 4.79 Å². The fraction of sp³-hybridized carbons (Fsp3) is 0.136. The van der Waals surface area contributed by atoms with Gasteiger partial charge in [-0.25, -0.2) is 9.78 Å². The Kier molecular flexibility index (Phi) is 6.99. The molecule has 1 aromatic heterocycles. The molecule has 0 aliphatic heterocycles. The maximum Gasteiger partial charge on any atom is 0.416 e. The summed E-state index contributed by atoms with van der Waals surface area (Å²) < 4.78 is 43.8. The summed E-state index contributed by atoms with van der Waals surface area (Å²) in [6.45, 7) is 1.25. The quantitative estimate of drug-likeness (QED) is 0.465. The number of rotatable bonds is 6. The Balaban J connectivity index is 1.67. The fourth-order valence-corrected chi connectivity index (χ4v) is 2.98. The fourth-order valence-electron chi connectivity index (χ4n) is 2.70. The van der Waals surface area contributed by atoms with Crippen LogP contribution in [-0.4, -0.2) is 23.5 Å². The third-order valence-electron chi connectivity index (χ3n) is 4.21. The number of halogens is 4. The molecule has 0 radical (unpaired) electrons. The van der Waals surface area contributed by atoms with Crippen LogP contribution >= 0.6 is 11.6 Å². The Hall–Kier alpha value is -3.59. The maximum absolute atomic E-state index is 12.9. The maximum atomic E-state index is 12.9. The van der Waals surface area contributed by atoms with Crippen molar-refractivity contribution in [2.45, 2.75) is 13.1 Å². The molecule has 6 nitrogen and oxygen atoms in total. The van der Waals surface area contributed by atoms with Crippen LogP contribution in [0.5, 0.6) is 0 Å². The summed E-state index contributed by atoms with van der Waals surface area (Å²) in [4.78, 5) is 28.6. The zero-order valence-electron chi connectivity index (χ0n) is 16.7. The molecule has 166 valence electrons. The van der Waals surface area contributed by atoms with E-state index in [-0.39, 0.29) is 17.1 Å². The highest BCUT2D eigenvalue weighted by atomic mass is 35.5. The molecule has 2 aromatic carbocycles. The molecule has 3 aromatic rings. The minimum atomic E-state index is -4.52. The van der Waals surface area contributed by atoms with Crippen LogP contribution in [0.4, 0.5) is 30.4 Å². The van der Waals surface area contributed by atoms with E-state index in [0.29, 0.717) is 10.7 Å². The number of nitrogens with zero attached hydrogens (tertiary/aromatic N) is 1. The minimum Gasteiger partial charge on any atom is -0.452 e. The summed E-state index contributed by atoms with van der Waals surface area (Å²) in [6, 6.07) is 12.3. The van der Waals surface area contributed by atoms with Gasteiger partial charge < -0.3 is 15.4 Å². The van der Waals surface area contributed by atoms with Crippen molar-refractivity contribution < 1.29 is 27.5 Å². The SMILES string of the molecule is Cc1ccc(NC(=O)COC(=O)c2cccnc2Nc2cccc(C(F)(F)F)c2)c(Cl)c1. The zero-order chi connectivity index (χ0) is 23.3. The van der Waals surface area contributed by atoms with E-state index in [1.807, 2.05) is 6.92 Å². The topological polar surface area (TPSA) is 80.3 Å². The van der Waals surface area contributed by atoms with Crippen molar-refractivity contribution in [2.75, 3.05) is 17.2 Å². The number of pyridine rings is 1. The second-order valence-corrected chi connectivity index (χ2v) is 7.12. The highest BCUT2D eigenvalue weighted by Crippen LogP contribution is 2.31. The Morgan fingerprint density at radius 1 is 1.09 bits per heavy atom. The number of hydrogen-bond donors (Lipinski definition) is 2. The van der Waals surface area contributed by atoms with Crippen LogP contribution in [0.1, 0.15) is 21.5 Å². The molecule has 2 N–H and O–H groups in total. The molecule has 0 aliphatic carbocycles. The van der Waals surface area contributed by atoms with Gasteiger partial charge in [-0.15, -0.1) is 0 Å². The first kappa shape index (κ1) is 23.1. The van der Waals surface area contributed by atoms with Crippen molar-refractivity contribution in [3.8, 4) is 0 Å². The number of anilines is 3. The summed E-state index contributed by atoms with van der Waals surface area (Å²) in [5, 5.41) is 5.55. The molecule has 1 amide bonds. The highest BCUT2D eigenvalue weighted by molar-refractivity contribution is 6.33. The van der Waals surface area contributed by atoms with Gasteiger partial charge in [0.15, 0.2) is 6.61 Å². The summed E-state index contributed by atoms with van der Waals surface area (Å²) in [6.07, 6.45) is -3.16. The third kappa shape index (κ3) is 5.98. The van der Waals surface area contributed by atoms with Gasteiger partial charge in [-0.05, 0) is 55.0 Å². The average molecular weight is 464 g/mol. The number of hydrogen-bond acceptors (Lipinski definition) is 5. The van der Waals surface area contributed by atoms with Crippen LogP contribution in [-0.2, 0) is 15.7 Å². The molecule has 0 spiro atoms.